The number of benzene rings is 2. The maximum atomic E-state index is 6.15. The molecular weight excluding hydrogens is 374 g/mol. The van der Waals surface area contributed by atoms with Crippen molar-refractivity contribution in [3.8, 4) is 11.5 Å². The van der Waals surface area contributed by atoms with E-state index in [2.05, 4.69) is 16.7 Å². The van der Waals surface area contributed by atoms with Gasteiger partial charge in [-0.2, -0.15) is 0 Å². The number of fused-ring (bicyclic) bond motifs is 1. The van der Waals surface area contributed by atoms with E-state index in [1.165, 1.54) is 19.3 Å². The van der Waals surface area contributed by atoms with Crippen molar-refractivity contribution in [3.63, 3.8) is 0 Å². The van der Waals surface area contributed by atoms with E-state index in [4.69, 9.17) is 26.1 Å². The van der Waals surface area contributed by atoms with E-state index in [0.29, 0.717) is 6.54 Å². The fraction of sp³-hybridized carbons (Fsp3) is 0.409. The van der Waals surface area contributed by atoms with Gasteiger partial charge in [-0.15, -0.1) is 0 Å². The number of ether oxygens (including phenoxy) is 2. The highest BCUT2D eigenvalue weighted by Crippen LogP contribution is 2.49. The van der Waals surface area contributed by atoms with E-state index in [9.17, 15) is 0 Å². The highest BCUT2D eigenvalue weighted by Gasteiger charge is 2.41. The lowest BCUT2D eigenvalue weighted by atomic mass is 9.79. The second-order valence-corrected chi connectivity index (χ2v) is 7.84. The highest BCUT2D eigenvalue weighted by atomic mass is 35.5. The summed E-state index contributed by atoms with van der Waals surface area (Å²) in [7, 11) is 3.36. The number of methoxy groups -OCH3 is 2. The van der Waals surface area contributed by atoms with Crippen molar-refractivity contribution in [2.24, 2.45) is 4.99 Å². The fourth-order valence-corrected chi connectivity index (χ4v) is 4.41. The van der Waals surface area contributed by atoms with E-state index < -0.39 is 0 Å². The second-order valence-electron chi connectivity index (χ2n) is 7.41. The molecule has 1 fully saturated rings. The molecule has 2 aromatic carbocycles. The SMILES string of the molecule is COc1ccc(OC)c2c1N=C(NCc1cccc(Cl)c1)C1(CCCCC1)N2. The molecule has 1 spiro atoms. The Labute approximate surface area is 171 Å². The summed E-state index contributed by atoms with van der Waals surface area (Å²) >= 11 is 6.15. The summed E-state index contributed by atoms with van der Waals surface area (Å²) < 4.78 is 11.2. The van der Waals surface area contributed by atoms with Crippen molar-refractivity contribution in [3.05, 3.63) is 47.0 Å². The van der Waals surface area contributed by atoms with Crippen LogP contribution in [0.2, 0.25) is 5.02 Å². The summed E-state index contributed by atoms with van der Waals surface area (Å²) in [5.41, 5.74) is 2.62. The lowest BCUT2D eigenvalue weighted by molar-refractivity contribution is 0.383. The van der Waals surface area contributed by atoms with Gasteiger partial charge >= 0.3 is 0 Å². The number of aliphatic imine (C=N–C) groups is 1. The van der Waals surface area contributed by atoms with E-state index in [-0.39, 0.29) is 5.54 Å². The molecule has 5 nitrogen and oxygen atoms in total. The molecule has 1 aliphatic heterocycles. The van der Waals surface area contributed by atoms with Crippen LogP contribution in [0.25, 0.3) is 0 Å². The van der Waals surface area contributed by atoms with Crippen molar-refractivity contribution >= 4 is 28.8 Å². The molecule has 28 heavy (non-hydrogen) atoms. The summed E-state index contributed by atoms with van der Waals surface area (Å²) in [5, 5.41) is 8.11. The van der Waals surface area contributed by atoms with Crippen molar-refractivity contribution in [2.75, 3.05) is 19.5 Å². The first kappa shape index (κ1) is 18.9. The molecule has 0 bridgehead atoms. The Hall–Kier alpha value is -2.40. The first-order valence-electron chi connectivity index (χ1n) is 9.76. The molecule has 2 aromatic rings. The third-order valence-corrected chi connectivity index (χ3v) is 5.87. The summed E-state index contributed by atoms with van der Waals surface area (Å²) in [5.74, 6) is 2.49. The molecule has 0 aromatic heterocycles. The Kier molecular flexibility index (Phi) is 5.36. The van der Waals surface area contributed by atoms with E-state index in [1.807, 2.05) is 30.3 Å². The molecule has 0 unspecified atom stereocenters. The van der Waals surface area contributed by atoms with E-state index in [1.54, 1.807) is 14.2 Å². The Morgan fingerprint density at radius 2 is 1.82 bits per heavy atom. The van der Waals surface area contributed by atoms with Gasteiger partial charge in [-0.05, 0) is 42.7 Å². The predicted octanol–water partition coefficient (Wildman–Crippen LogP) is 5.31. The average Bonchev–Trinajstić information content (AvgIpc) is 2.72. The van der Waals surface area contributed by atoms with Crippen LogP contribution in [0.5, 0.6) is 11.5 Å². The minimum atomic E-state index is -0.205. The van der Waals surface area contributed by atoms with Crippen LogP contribution in [0.4, 0.5) is 11.4 Å². The molecule has 0 radical (unpaired) electrons. The number of halogens is 1. The zero-order valence-electron chi connectivity index (χ0n) is 16.3. The normalized spacial score (nSPS) is 17.3. The smallest absolute Gasteiger partial charge is 0.146 e. The lowest BCUT2D eigenvalue weighted by Gasteiger charge is -2.43. The van der Waals surface area contributed by atoms with Crippen LogP contribution >= 0.6 is 11.6 Å². The molecule has 1 heterocycles. The fourth-order valence-electron chi connectivity index (χ4n) is 4.20. The quantitative estimate of drug-likeness (QED) is 0.731. The summed E-state index contributed by atoms with van der Waals surface area (Å²) in [6.45, 7) is 0.671. The summed E-state index contributed by atoms with van der Waals surface area (Å²) in [6.07, 6.45) is 5.68. The molecule has 6 heteroatoms. The monoisotopic (exact) mass is 399 g/mol. The van der Waals surface area contributed by atoms with Gasteiger partial charge in [0.2, 0.25) is 0 Å². The Morgan fingerprint density at radius 3 is 2.54 bits per heavy atom. The number of amidine groups is 1. The zero-order valence-corrected chi connectivity index (χ0v) is 17.1. The highest BCUT2D eigenvalue weighted by molar-refractivity contribution is 6.30. The third kappa shape index (κ3) is 3.51. The van der Waals surface area contributed by atoms with Gasteiger partial charge in [0.1, 0.15) is 28.7 Å². The minimum Gasteiger partial charge on any atom is -0.495 e. The van der Waals surface area contributed by atoms with Crippen LogP contribution < -0.4 is 20.1 Å². The number of hydrogen-bond acceptors (Lipinski definition) is 5. The number of anilines is 1. The molecule has 0 atom stereocenters. The van der Waals surface area contributed by atoms with Crippen molar-refractivity contribution in [1.82, 2.24) is 5.32 Å². The summed E-state index contributed by atoms with van der Waals surface area (Å²) in [6, 6.07) is 11.7. The Balaban J connectivity index is 1.73. The molecule has 1 aliphatic carbocycles. The Morgan fingerprint density at radius 1 is 1.07 bits per heavy atom. The van der Waals surface area contributed by atoms with Crippen molar-refractivity contribution < 1.29 is 9.47 Å². The second kappa shape index (κ2) is 7.92. The number of nitrogens with one attached hydrogen (secondary N) is 2. The van der Waals surface area contributed by atoms with Gasteiger partial charge in [0, 0.05) is 11.6 Å². The number of rotatable bonds is 4. The zero-order chi connectivity index (χ0) is 19.6. The van der Waals surface area contributed by atoms with Gasteiger partial charge in [0.05, 0.1) is 19.8 Å². The van der Waals surface area contributed by atoms with Gasteiger partial charge < -0.3 is 20.1 Å². The molecule has 0 saturated heterocycles. The van der Waals surface area contributed by atoms with Gasteiger partial charge in [-0.1, -0.05) is 43.0 Å². The molecule has 4 rings (SSSR count). The first-order chi connectivity index (χ1) is 13.6. The van der Waals surface area contributed by atoms with Gasteiger partial charge in [0.25, 0.3) is 0 Å². The van der Waals surface area contributed by atoms with Crippen LogP contribution in [0.15, 0.2) is 41.4 Å². The molecule has 148 valence electrons. The van der Waals surface area contributed by atoms with E-state index in [0.717, 1.165) is 52.1 Å². The standard InChI is InChI=1S/C22H26ClN3O2/c1-27-17-9-10-18(28-2)20-19(17)25-21(22(26-20)11-4-3-5-12-22)24-14-15-7-6-8-16(23)13-15/h6-10,13,26H,3-5,11-12,14H2,1-2H3,(H,24,25). The molecule has 0 amide bonds. The molecule has 1 saturated carbocycles. The maximum absolute atomic E-state index is 6.15. The van der Waals surface area contributed by atoms with Crippen molar-refractivity contribution in [2.45, 2.75) is 44.2 Å². The van der Waals surface area contributed by atoms with Crippen LogP contribution in [0.1, 0.15) is 37.7 Å². The number of nitrogens with zero attached hydrogens (tertiary/aromatic N) is 1. The average molecular weight is 400 g/mol. The van der Waals surface area contributed by atoms with Crippen LogP contribution in [-0.4, -0.2) is 25.6 Å². The minimum absolute atomic E-state index is 0.205. The lowest BCUT2D eigenvalue weighted by Crippen LogP contribution is -2.54. The van der Waals surface area contributed by atoms with Crippen molar-refractivity contribution in [1.29, 1.82) is 0 Å². The van der Waals surface area contributed by atoms with Gasteiger partial charge in [0.15, 0.2) is 0 Å². The first-order valence-corrected chi connectivity index (χ1v) is 10.1. The summed E-state index contributed by atoms with van der Waals surface area (Å²) in [4.78, 5) is 5.04. The van der Waals surface area contributed by atoms with Crippen LogP contribution in [0, 0.1) is 0 Å². The molecule has 2 aliphatic rings. The van der Waals surface area contributed by atoms with Gasteiger partial charge in [-0.25, -0.2) is 4.99 Å². The topological polar surface area (TPSA) is 54.9 Å². The van der Waals surface area contributed by atoms with E-state index >= 15 is 0 Å². The van der Waals surface area contributed by atoms with Crippen LogP contribution in [-0.2, 0) is 6.54 Å². The predicted molar refractivity (Wildman–Crippen MR) is 114 cm³/mol. The maximum Gasteiger partial charge on any atom is 0.146 e. The molecule has 2 N–H and O–H groups in total. The largest absolute Gasteiger partial charge is 0.495 e. The number of hydrogen-bond donors (Lipinski definition) is 2. The third-order valence-electron chi connectivity index (χ3n) is 5.64. The molecular formula is C22H26ClN3O2. The Bertz CT molecular complexity index is 891. The van der Waals surface area contributed by atoms with Gasteiger partial charge in [-0.3, -0.25) is 0 Å². The van der Waals surface area contributed by atoms with Crippen LogP contribution in [0.3, 0.4) is 0 Å².